The van der Waals surface area contributed by atoms with Crippen molar-refractivity contribution in [1.29, 1.82) is 0 Å². The zero-order valence-corrected chi connectivity index (χ0v) is 14.2. The maximum absolute atomic E-state index is 12.8. The van der Waals surface area contributed by atoms with Gasteiger partial charge in [0.15, 0.2) is 0 Å². The number of carbonyl (C=O) groups is 1. The molecular weight excluding hydrogens is 315 g/mol. The van der Waals surface area contributed by atoms with Crippen LogP contribution in [0, 0.1) is 19.7 Å². The first kappa shape index (κ1) is 17.4. The van der Waals surface area contributed by atoms with Crippen LogP contribution in [-0.2, 0) is 0 Å². The van der Waals surface area contributed by atoms with Gasteiger partial charge in [0.05, 0.1) is 12.1 Å². The van der Waals surface area contributed by atoms with E-state index in [-0.39, 0.29) is 24.4 Å². The molecule has 2 atom stereocenters. The van der Waals surface area contributed by atoms with Gasteiger partial charge >= 0.3 is 6.03 Å². The summed E-state index contributed by atoms with van der Waals surface area (Å²) in [6, 6.07) is 7.17. The van der Waals surface area contributed by atoms with Crippen molar-refractivity contribution < 1.29 is 14.3 Å². The van der Waals surface area contributed by atoms with Crippen LogP contribution in [-0.4, -0.2) is 17.7 Å². The van der Waals surface area contributed by atoms with E-state index >= 15 is 0 Å². The summed E-state index contributed by atoms with van der Waals surface area (Å²) in [6.07, 6.45) is -0.873. The van der Waals surface area contributed by atoms with E-state index in [4.69, 9.17) is 0 Å². The zero-order valence-electron chi connectivity index (χ0n) is 13.4. The Morgan fingerprint density at radius 2 is 1.96 bits per heavy atom. The van der Waals surface area contributed by atoms with E-state index in [1.54, 1.807) is 11.3 Å². The molecule has 0 bridgehead atoms. The summed E-state index contributed by atoms with van der Waals surface area (Å²) in [5.41, 5.74) is 1.66. The van der Waals surface area contributed by atoms with Gasteiger partial charge in [0, 0.05) is 16.3 Å². The Kier molecular flexibility index (Phi) is 5.74. The van der Waals surface area contributed by atoms with Crippen molar-refractivity contribution in [1.82, 2.24) is 10.6 Å². The number of urea groups is 1. The molecule has 2 aromatic rings. The van der Waals surface area contributed by atoms with E-state index < -0.39 is 6.10 Å². The second kappa shape index (κ2) is 7.57. The maximum Gasteiger partial charge on any atom is 0.315 e. The van der Waals surface area contributed by atoms with Gasteiger partial charge in [-0.25, -0.2) is 9.18 Å². The molecule has 0 aliphatic rings. The molecule has 6 heteroatoms. The fourth-order valence-corrected chi connectivity index (χ4v) is 3.42. The number of rotatable bonds is 5. The average Bonchev–Trinajstić information content (AvgIpc) is 2.84. The van der Waals surface area contributed by atoms with Crippen LogP contribution in [0.4, 0.5) is 9.18 Å². The lowest BCUT2D eigenvalue weighted by Crippen LogP contribution is -2.39. The van der Waals surface area contributed by atoms with E-state index in [1.807, 2.05) is 20.8 Å². The van der Waals surface area contributed by atoms with Crippen LogP contribution in [0.2, 0.25) is 0 Å². The number of aryl methyl sites for hydroxylation is 2. The molecule has 1 aromatic heterocycles. The Morgan fingerprint density at radius 3 is 2.52 bits per heavy atom. The molecule has 2 amide bonds. The van der Waals surface area contributed by atoms with Crippen molar-refractivity contribution >= 4 is 17.4 Å². The van der Waals surface area contributed by atoms with Gasteiger partial charge in [0.25, 0.3) is 0 Å². The minimum Gasteiger partial charge on any atom is -0.387 e. The number of benzene rings is 1. The lowest BCUT2D eigenvalue weighted by atomic mass is 10.1. The molecule has 124 valence electrons. The van der Waals surface area contributed by atoms with Crippen LogP contribution < -0.4 is 10.6 Å². The third kappa shape index (κ3) is 4.77. The summed E-state index contributed by atoms with van der Waals surface area (Å²) >= 11 is 1.70. The average molecular weight is 336 g/mol. The lowest BCUT2D eigenvalue weighted by molar-refractivity contribution is 0.172. The highest BCUT2D eigenvalue weighted by molar-refractivity contribution is 7.12. The fourth-order valence-electron chi connectivity index (χ4n) is 2.40. The van der Waals surface area contributed by atoms with Gasteiger partial charge in [-0.15, -0.1) is 11.3 Å². The summed E-state index contributed by atoms with van der Waals surface area (Å²) in [6.45, 7) is 6.05. The summed E-state index contributed by atoms with van der Waals surface area (Å²) in [4.78, 5) is 14.3. The van der Waals surface area contributed by atoms with Crippen molar-refractivity contribution in [3.63, 3.8) is 0 Å². The smallest absolute Gasteiger partial charge is 0.315 e. The molecule has 1 aromatic carbocycles. The van der Waals surface area contributed by atoms with Gasteiger partial charge < -0.3 is 15.7 Å². The Hall–Kier alpha value is -1.92. The molecule has 0 aliphatic heterocycles. The highest BCUT2D eigenvalue weighted by atomic mass is 32.1. The third-order valence-corrected chi connectivity index (χ3v) is 4.59. The van der Waals surface area contributed by atoms with Crippen molar-refractivity contribution in [3.8, 4) is 0 Å². The number of thiophene rings is 1. The third-order valence-electron chi connectivity index (χ3n) is 3.60. The van der Waals surface area contributed by atoms with Crippen molar-refractivity contribution in [2.75, 3.05) is 6.54 Å². The monoisotopic (exact) mass is 336 g/mol. The quantitative estimate of drug-likeness (QED) is 0.781. The summed E-state index contributed by atoms with van der Waals surface area (Å²) in [7, 11) is 0. The molecule has 0 fully saturated rings. The summed E-state index contributed by atoms with van der Waals surface area (Å²) < 4.78 is 12.8. The first-order valence-corrected chi connectivity index (χ1v) is 8.23. The van der Waals surface area contributed by atoms with Crippen molar-refractivity contribution in [2.45, 2.75) is 32.9 Å². The van der Waals surface area contributed by atoms with Gasteiger partial charge in [0.1, 0.15) is 5.82 Å². The van der Waals surface area contributed by atoms with Crippen LogP contribution >= 0.6 is 11.3 Å². The molecule has 2 unspecified atom stereocenters. The van der Waals surface area contributed by atoms with Crippen LogP contribution in [0.3, 0.4) is 0 Å². The largest absolute Gasteiger partial charge is 0.387 e. The number of hydrogen-bond donors (Lipinski definition) is 3. The summed E-state index contributed by atoms with van der Waals surface area (Å²) in [5, 5.41) is 15.5. The molecule has 0 aliphatic carbocycles. The van der Waals surface area contributed by atoms with Gasteiger partial charge in [-0.2, -0.15) is 0 Å². The molecule has 0 saturated heterocycles. The zero-order chi connectivity index (χ0) is 17.0. The Morgan fingerprint density at radius 1 is 1.30 bits per heavy atom. The van der Waals surface area contributed by atoms with Gasteiger partial charge in [-0.3, -0.25) is 0 Å². The Bertz CT molecular complexity index is 670. The van der Waals surface area contributed by atoms with E-state index in [9.17, 15) is 14.3 Å². The number of hydrogen-bond acceptors (Lipinski definition) is 3. The number of amides is 2. The van der Waals surface area contributed by atoms with Gasteiger partial charge in [-0.1, -0.05) is 12.1 Å². The van der Waals surface area contributed by atoms with Crippen LogP contribution in [0.25, 0.3) is 0 Å². The number of carbonyl (C=O) groups excluding carboxylic acids is 1. The maximum atomic E-state index is 12.8. The predicted octanol–water partition coefficient (Wildman–Crippen LogP) is 3.60. The molecule has 23 heavy (non-hydrogen) atoms. The lowest BCUT2D eigenvalue weighted by Gasteiger charge is -2.17. The molecule has 1 heterocycles. The van der Waals surface area contributed by atoms with Crippen LogP contribution in [0.15, 0.2) is 30.3 Å². The Balaban J connectivity index is 1.85. The highest BCUT2D eigenvalue weighted by Crippen LogP contribution is 2.26. The molecule has 2 rings (SSSR count). The fraction of sp³-hybridized carbons (Fsp3) is 0.353. The van der Waals surface area contributed by atoms with Gasteiger partial charge in [0.2, 0.25) is 0 Å². The van der Waals surface area contributed by atoms with Crippen molar-refractivity contribution in [2.24, 2.45) is 0 Å². The topological polar surface area (TPSA) is 61.4 Å². The second-order valence-electron chi connectivity index (χ2n) is 5.51. The molecular formula is C17H21FN2O2S. The van der Waals surface area contributed by atoms with E-state index in [0.29, 0.717) is 5.56 Å². The first-order valence-electron chi connectivity index (χ1n) is 7.41. The minimum atomic E-state index is -0.873. The molecule has 3 N–H and O–H groups in total. The van der Waals surface area contributed by atoms with E-state index in [2.05, 4.69) is 16.7 Å². The van der Waals surface area contributed by atoms with E-state index in [0.717, 1.165) is 5.56 Å². The number of aliphatic hydroxyl groups excluding tert-OH is 1. The minimum absolute atomic E-state index is 0.0613. The highest BCUT2D eigenvalue weighted by Gasteiger charge is 2.15. The summed E-state index contributed by atoms with van der Waals surface area (Å²) in [5.74, 6) is -0.359. The van der Waals surface area contributed by atoms with Crippen LogP contribution in [0.1, 0.15) is 40.0 Å². The number of nitrogens with one attached hydrogen (secondary N) is 2. The number of aliphatic hydroxyl groups is 1. The van der Waals surface area contributed by atoms with Crippen LogP contribution in [0.5, 0.6) is 0 Å². The standard InChI is InChI=1S/C17H21FN2O2S/c1-10-8-15(12(3)23-10)11(2)20-17(22)19-9-16(21)13-4-6-14(18)7-5-13/h4-8,11,16,21H,9H2,1-3H3,(H2,19,20,22). The molecule has 4 nitrogen and oxygen atoms in total. The molecule has 0 spiro atoms. The second-order valence-corrected chi connectivity index (χ2v) is 6.97. The first-order chi connectivity index (χ1) is 10.9. The van der Waals surface area contributed by atoms with E-state index in [1.165, 1.54) is 34.0 Å². The molecule has 0 saturated carbocycles. The predicted molar refractivity (Wildman–Crippen MR) is 90.1 cm³/mol. The normalized spacial score (nSPS) is 13.4. The Labute approximate surface area is 139 Å². The van der Waals surface area contributed by atoms with Crippen molar-refractivity contribution in [3.05, 3.63) is 57.0 Å². The molecule has 0 radical (unpaired) electrons. The SMILES string of the molecule is Cc1cc(C(C)NC(=O)NCC(O)c2ccc(F)cc2)c(C)s1. The number of halogens is 1. The van der Waals surface area contributed by atoms with Gasteiger partial charge in [-0.05, 0) is 50.1 Å².